The van der Waals surface area contributed by atoms with E-state index in [1.165, 1.54) is 11.8 Å². The molecule has 0 radical (unpaired) electrons. The Kier molecular flexibility index (Phi) is 5.41. The van der Waals surface area contributed by atoms with Gasteiger partial charge in [0.25, 0.3) is 5.56 Å². The van der Waals surface area contributed by atoms with E-state index in [2.05, 4.69) is 10.3 Å². The molecule has 1 N–H and O–H groups in total. The molecule has 0 aliphatic carbocycles. The first-order valence-corrected chi connectivity index (χ1v) is 9.64. The number of aryl methyl sites for hydroxylation is 1. The monoisotopic (exact) mass is 397 g/mol. The second kappa shape index (κ2) is 7.40. The Morgan fingerprint density at radius 2 is 2.20 bits per heavy atom. The number of anilines is 1. The normalized spacial score (nSPS) is 16.4. The zero-order valence-corrected chi connectivity index (χ0v) is 16.1. The maximum absolute atomic E-state index is 12.6. The lowest BCUT2D eigenvalue weighted by Gasteiger charge is -2.25. The number of carbonyl (C=O) groups is 1. The molecule has 0 saturated carbocycles. The molecule has 25 heavy (non-hydrogen) atoms. The molecule has 1 atom stereocenters. The smallest absolute Gasteiger partial charge is 0.257 e. The van der Waals surface area contributed by atoms with Gasteiger partial charge in [-0.2, -0.15) is 0 Å². The van der Waals surface area contributed by atoms with Gasteiger partial charge in [0.1, 0.15) is 0 Å². The first-order chi connectivity index (χ1) is 11.9. The molecule has 1 aromatic heterocycles. The van der Waals surface area contributed by atoms with E-state index in [4.69, 9.17) is 23.2 Å². The summed E-state index contributed by atoms with van der Waals surface area (Å²) in [6.07, 6.45) is 0.623. The summed E-state index contributed by atoms with van der Waals surface area (Å²) in [7, 11) is 0. The van der Waals surface area contributed by atoms with Gasteiger partial charge in [-0.1, -0.05) is 48.0 Å². The molecule has 8 heteroatoms. The number of amides is 1. The standard InChI is InChI=1S/C17H17Cl2N3O2S/c1-3-11-9(2)20-17-22(16(11)24)7-10(8-25-17)15(23)21-13-6-4-5-12(18)14(13)19/h4-6,10H,3,7-8H2,1-2H3,(H,21,23)/t10-/m1/s1. The Morgan fingerprint density at radius 1 is 1.44 bits per heavy atom. The highest BCUT2D eigenvalue weighted by Gasteiger charge is 2.28. The molecular formula is C17H17Cl2N3O2S. The highest BCUT2D eigenvalue weighted by Crippen LogP contribution is 2.31. The first kappa shape index (κ1) is 18.3. The van der Waals surface area contributed by atoms with Crippen molar-refractivity contribution in [3.8, 4) is 0 Å². The summed E-state index contributed by atoms with van der Waals surface area (Å²) in [5.74, 6) is 0.0220. The van der Waals surface area contributed by atoms with Crippen molar-refractivity contribution in [3.05, 3.63) is 49.9 Å². The quantitative estimate of drug-likeness (QED) is 0.800. The molecule has 2 aromatic rings. The first-order valence-electron chi connectivity index (χ1n) is 7.90. The summed E-state index contributed by atoms with van der Waals surface area (Å²) in [5.41, 5.74) is 1.87. The van der Waals surface area contributed by atoms with Crippen molar-refractivity contribution in [2.75, 3.05) is 11.1 Å². The van der Waals surface area contributed by atoms with Gasteiger partial charge in [0, 0.05) is 23.6 Å². The van der Waals surface area contributed by atoms with Gasteiger partial charge in [-0.05, 0) is 25.5 Å². The van der Waals surface area contributed by atoms with Gasteiger partial charge < -0.3 is 5.32 Å². The van der Waals surface area contributed by atoms with Crippen LogP contribution in [0.3, 0.4) is 0 Å². The summed E-state index contributed by atoms with van der Waals surface area (Å²) >= 11 is 13.5. The molecule has 0 unspecified atom stereocenters. The minimum atomic E-state index is -0.348. The number of nitrogens with zero attached hydrogens (tertiary/aromatic N) is 2. The molecule has 5 nitrogen and oxygen atoms in total. The lowest BCUT2D eigenvalue weighted by atomic mass is 10.1. The minimum absolute atomic E-state index is 0.0595. The number of thioether (sulfide) groups is 1. The zero-order valence-electron chi connectivity index (χ0n) is 13.8. The average Bonchev–Trinajstić information content (AvgIpc) is 2.59. The maximum atomic E-state index is 12.6. The van der Waals surface area contributed by atoms with Crippen molar-refractivity contribution in [3.63, 3.8) is 0 Å². The van der Waals surface area contributed by atoms with Crippen LogP contribution in [0.5, 0.6) is 0 Å². The second-order valence-corrected chi connectivity index (χ2v) is 7.60. The predicted octanol–water partition coefficient (Wildman–Crippen LogP) is 3.78. The molecule has 0 spiro atoms. The van der Waals surface area contributed by atoms with Crippen LogP contribution in [0.2, 0.25) is 10.0 Å². The Bertz CT molecular complexity index is 898. The molecule has 0 fully saturated rings. The number of hydrogen-bond acceptors (Lipinski definition) is 4. The van der Waals surface area contributed by atoms with Crippen LogP contribution in [0, 0.1) is 12.8 Å². The largest absolute Gasteiger partial charge is 0.324 e. The van der Waals surface area contributed by atoms with Crippen LogP contribution in [-0.4, -0.2) is 21.2 Å². The van der Waals surface area contributed by atoms with E-state index in [0.717, 1.165) is 5.69 Å². The van der Waals surface area contributed by atoms with Crippen LogP contribution < -0.4 is 10.9 Å². The van der Waals surface area contributed by atoms with E-state index in [1.54, 1.807) is 22.8 Å². The summed E-state index contributed by atoms with van der Waals surface area (Å²) < 4.78 is 1.60. The highest BCUT2D eigenvalue weighted by atomic mass is 35.5. The van der Waals surface area contributed by atoms with Gasteiger partial charge in [0.2, 0.25) is 5.91 Å². The Balaban J connectivity index is 1.84. The fourth-order valence-electron chi connectivity index (χ4n) is 2.80. The van der Waals surface area contributed by atoms with Crippen molar-refractivity contribution in [2.45, 2.75) is 32.0 Å². The van der Waals surface area contributed by atoms with Crippen LogP contribution in [-0.2, 0) is 17.8 Å². The molecule has 2 heterocycles. The molecule has 1 aliphatic rings. The van der Waals surface area contributed by atoms with Gasteiger partial charge in [-0.15, -0.1) is 0 Å². The number of halogens is 2. The van der Waals surface area contributed by atoms with Crippen molar-refractivity contribution in [1.29, 1.82) is 0 Å². The lowest BCUT2D eigenvalue weighted by molar-refractivity contribution is -0.119. The van der Waals surface area contributed by atoms with Gasteiger partial charge in [-0.3, -0.25) is 14.2 Å². The number of carbonyl (C=O) groups excluding carboxylic acids is 1. The van der Waals surface area contributed by atoms with Crippen LogP contribution in [0.15, 0.2) is 28.2 Å². The molecule has 132 valence electrons. The van der Waals surface area contributed by atoms with Crippen LogP contribution in [0.25, 0.3) is 0 Å². The summed E-state index contributed by atoms with van der Waals surface area (Å²) in [6.45, 7) is 4.09. The van der Waals surface area contributed by atoms with Gasteiger partial charge in [0.05, 0.1) is 21.7 Å². The third kappa shape index (κ3) is 3.57. The topological polar surface area (TPSA) is 64.0 Å². The lowest BCUT2D eigenvalue weighted by Crippen LogP contribution is -2.38. The second-order valence-electron chi connectivity index (χ2n) is 5.83. The van der Waals surface area contributed by atoms with Crippen LogP contribution in [0.4, 0.5) is 5.69 Å². The molecule has 0 bridgehead atoms. The molecule has 3 rings (SSSR count). The van der Waals surface area contributed by atoms with Crippen molar-refractivity contribution in [2.24, 2.45) is 5.92 Å². The number of aromatic nitrogens is 2. The molecule has 0 saturated heterocycles. The third-order valence-electron chi connectivity index (χ3n) is 4.18. The Labute approximate surface area is 159 Å². The number of nitrogens with one attached hydrogen (secondary N) is 1. The molecule has 1 amide bonds. The van der Waals surface area contributed by atoms with Gasteiger partial charge >= 0.3 is 0 Å². The number of rotatable bonds is 3. The third-order valence-corrected chi connectivity index (χ3v) is 6.14. The zero-order chi connectivity index (χ0) is 18.1. The fraction of sp³-hybridized carbons (Fsp3) is 0.353. The Morgan fingerprint density at radius 3 is 2.92 bits per heavy atom. The Hall–Kier alpha value is -1.50. The van der Waals surface area contributed by atoms with E-state index in [-0.39, 0.29) is 17.4 Å². The van der Waals surface area contributed by atoms with Crippen molar-refractivity contribution in [1.82, 2.24) is 9.55 Å². The molecular weight excluding hydrogens is 381 g/mol. The van der Waals surface area contributed by atoms with Gasteiger partial charge in [-0.25, -0.2) is 4.98 Å². The van der Waals surface area contributed by atoms with E-state index >= 15 is 0 Å². The van der Waals surface area contributed by atoms with Crippen molar-refractivity contribution >= 4 is 46.6 Å². The fourth-order valence-corrected chi connectivity index (χ4v) is 4.27. The molecule has 1 aromatic carbocycles. The summed E-state index contributed by atoms with van der Waals surface area (Å²) in [5, 5.41) is 4.17. The van der Waals surface area contributed by atoms with Crippen molar-refractivity contribution < 1.29 is 4.79 Å². The SMILES string of the molecule is CCc1c(C)nc2n(c1=O)C[C@@H](C(=O)Nc1cccc(Cl)c1Cl)CS2. The summed E-state index contributed by atoms with van der Waals surface area (Å²) in [4.78, 5) is 29.7. The van der Waals surface area contributed by atoms with E-state index in [9.17, 15) is 9.59 Å². The van der Waals surface area contributed by atoms with E-state index < -0.39 is 0 Å². The average molecular weight is 398 g/mol. The predicted molar refractivity (Wildman–Crippen MR) is 102 cm³/mol. The van der Waals surface area contributed by atoms with E-state index in [0.29, 0.717) is 45.2 Å². The molecule has 1 aliphatic heterocycles. The maximum Gasteiger partial charge on any atom is 0.257 e. The summed E-state index contributed by atoms with van der Waals surface area (Å²) in [6, 6.07) is 5.08. The van der Waals surface area contributed by atoms with Gasteiger partial charge in [0.15, 0.2) is 5.16 Å². The van der Waals surface area contributed by atoms with Crippen LogP contribution in [0.1, 0.15) is 18.2 Å². The van der Waals surface area contributed by atoms with Crippen LogP contribution >= 0.6 is 35.0 Å². The number of hydrogen-bond donors (Lipinski definition) is 1. The number of fused-ring (bicyclic) bond motifs is 1. The number of benzene rings is 1. The van der Waals surface area contributed by atoms with E-state index in [1.807, 2.05) is 13.8 Å². The highest BCUT2D eigenvalue weighted by molar-refractivity contribution is 7.99. The minimum Gasteiger partial charge on any atom is -0.324 e.